The van der Waals surface area contributed by atoms with Crippen molar-refractivity contribution in [2.24, 2.45) is 17.1 Å². The van der Waals surface area contributed by atoms with Crippen LogP contribution in [0.4, 0.5) is 10.1 Å². The minimum absolute atomic E-state index is 0.0240. The first-order valence-electron chi connectivity index (χ1n) is 6.48. The minimum atomic E-state index is -0.310. The van der Waals surface area contributed by atoms with E-state index in [9.17, 15) is 9.18 Å². The third kappa shape index (κ3) is 4.63. The van der Waals surface area contributed by atoms with Crippen molar-refractivity contribution in [3.63, 3.8) is 0 Å². The average molecular weight is 266 g/mol. The molecule has 1 rings (SSSR count). The highest BCUT2D eigenvalue weighted by atomic mass is 19.1. The van der Waals surface area contributed by atoms with E-state index < -0.39 is 0 Å². The van der Waals surface area contributed by atoms with Crippen LogP contribution in [-0.4, -0.2) is 19.5 Å². The second-order valence-electron chi connectivity index (χ2n) is 6.07. The van der Waals surface area contributed by atoms with Gasteiger partial charge in [0.2, 0.25) is 5.91 Å². The van der Waals surface area contributed by atoms with Crippen LogP contribution in [-0.2, 0) is 4.79 Å². The molecular formula is C15H23FN2O. The monoisotopic (exact) mass is 266 g/mol. The SMILES string of the molecule is CN(C(=O)C(CN)CC(C)(C)C)c1ccc(F)cc1. The number of anilines is 1. The third-order valence-corrected chi connectivity index (χ3v) is 3.04. The highest BCUT2D eigenvalue weighted by molar-refractivity contribution is 5.94. The number of amides is 1. The molecule has 0 heterocycles. The Bertz CT molecular complexity index is 423. The largest absolute Gasteiger partial charge is 0.330 e. The summed E-state index contributed by atoms with van der Waals surface area (Å²) in [4.78, 5) is 13.9. The molecular weight excluding hydrogens is 243 g/mol. The molecule has 0 aliphatic heterocycles. The number of nitrogens with zero attached hydrogens (tertiary/aromatic N) is 1. The predicted octanol–water partition coefficient (Wildman–Crippen LogP) is 2.80. The fourth-order valence-corrected chi connectivity index (χ4v) is 2.08. The van der Waals surface area contributed by atoms with Gasteiger partial charge in [-0.25, -0.2) is 4.39 Å². The summed E-state index contributed by atoms with van der Waals surface area (Å²) in [5.41, 5.74) is 6.44. The summed E-state index contributed by atoms with van der Waals surface area (Å²) in [6, 6.07) is 5.89. The van der Waals surface area contributed by atoms with E-state index in [1.807, 2.05) is 0 Å². The maximum Gasteiger partial charge on any atom is 0.231 e. The van der Waals surface area contributed by atoms with Gasteiger partial charge in [-0.05, 0) is 36.1 Å². The first-order chi connectivity index (χ1) is 8.74. The third-order valence-electron chi connectivity index (χ3n) is 3.04. The Kier molecular flexibility index (Phi) is 5.06. The van der Waals surface area contributed by atoms with Gasteiger partial charge >= 0.3 is 0 Å². The van der Waals surface area contributed by atoms with Gasteiger partial charge in [-0.1, -0.05) is 20.8 Å². The Labute approximate surface area is 114 Å². The smallest absolute Gasteiger partial charge is 0.231 e. The molecule has 4 heteroatoms. The summed E-state index contributed by atoms with van der Waals surface area (Å²) in [5.74, 6) is -0.547. The fraction of sp³-hybridized carbons (Fsp3) is 0.533. The number of carbonyl (C=O) groups is 1. The van der Waals surface area contributed by atoms with E-state index in [4.69, 9.17) is 5.73 Å². The zero-order chi connectivity index (χ0) is 14.6. The number of nitrogens with two attached hydrogens (primary N) is 1. The second kappa shape index (κ2) is 6.15. The van der Waals surface area contributed by atoms with Gasteiger partial charge in [0.15, 0.2) is 0 Å². The number of hydrogen-bond acceptors (Lipinski definition) is 2. The lowest BCUT2D eigenvalue weighted by Crippen LogP contribution is -2.38. The summed E-state index contributed by atoms with van der Waals surface area (Å²) in [6.07, 6.45) is 0.730. The van der Waals surface area contributed by atoms with Crippen molar-refractivity contribution < 1.29 is 9.18 Å². The van der Waals surface area contributed by atoms with Crippen molar-refractivity contribution in [2.45, 2.75) is 27.2 Å². The van der Waals surface area contributed by atoms with E-state index in [2.05, 4.69) is 20.8 Å². The van der Waals surface area contributed by atoms with Crippen LogP contribution >= 0.6 is 0 Å². The molecule has 19 heavy (non-hydrogen) atoms. The number of benzene rings is 1. The molecule has 3 nitrogen and oxygen atoms in total. The zero-order valence-corrected chi connectivity index (χ0v) is 12.1. The van der Waals surface area contributed by atoms with Crippen LogP contribution in [0.25, 0.3) is 0 Å². The molecule has 0 saturated heterocycles. The van der Waals surface area contributed by atoms with Gasteiger partial charge in [0.25, 0.3) is 0 Å². The molecule has 1 unspecified atom stereocenters. The van der Waals surface area contributed by atoms with Crippen molar-refractivity contribution in [1.82, 2.24) is 0 Å². The lowest BCUT2D eigenvalue weighted by Gasteiger charge is -2.28. The van der Waals surface area contributed by atoms with E-state index in [0.717, 1.165) is 6.42 Å². The standard InChI is InChI=1S/C15H23FN2O/c1-15(2,3)9-11(10-17)14(19)18(4)13-7-5-12(16)6-8-13/h5-8,11H,9-10,17H2,1-4H3. The van der Waals surface area contributed by atoms with E-state index in [1.54, 1.807) is 24.1 Å². The molecule has 1 atom stereocenters. The Morgan fingerprint density at radius 2 is 1.84 bits per heavy atom. The minimum Gasteiger partial charge on any atom is -0.330 e. The maximum atomic E-state index is 12.9. The highest BCUT2D eigenvalue weighted by Crippen LogP contribution is 2.26. The van der Waals surface area contributed by atoms with Crippen LogP contribution in [0.3, 0.4) is 0 Å². The topological polar surface area (TPSA) is 46.3 Å². The summed E-state index contributed by atoms with van der Waals surface area (Å²) >= 11 is 0. The van der Waals surface area contributed by atoms with Crippen molar-refractivity contribution in [2.75, 3.05) is 18.5 Å². The Hall–Kier alpha value is -1.42. The van der Waals surface area contributed by atoms with E-state index in [1.165, 1.54) is 12.1 Å². The summed E-state index contributed by atoms with van der Waals surface area (Å²) in [7, 11) is 1.70. The molecule has 0 spiro atoms. The first kappa shape index (κ1) is 15.6. The fourth-order valence-electron chi connectivity index (χ4n) is 2.08. The molecule has 106 valence electrons. The lowest BCUT2D eigenvalue weighted by atomic mass is 9.84. The number of halogens is 1. The number of hydrogen-bond donors (Lipinski definition) is 1. The van der Waals surface area contributed by atoms with Crippen molar-refractivity contribution >= 4 is 11.6 Å². The van der Waals surface area contributed by atoms with Crippen LogP contribution in [0.15, 0.2) is 24.3 Å². The van der Waals surface area contributed by atoms with Gasteiger partial charge in [0.1, 0.15) is 5.82 Å². The van der Waals surface area contributed by atoms with E-state index in [0.29, 0.717) is 12.2 Å². The highest BCUT2D eigenvalue weighted by Gasteiger charge is 2.26. The van der Waals surface area contributed by atoms with Crippen LogP contribution in [0.1, 0.15) is 27.2 Å². The Morgan fingerprint density at radius 3 is 2.26 bits per heavy atom. The van der Waals surface area contributed by atoms with Crippen molar-refractivity contribution in [3.05, 3.63) is 30.1 Å². The molecule has 0 bridgehead atoms. The summed E-state index contributed by atoms with van der Waals surface area (Å²) < 4.78 is 12.9. The second-order valence-corrected chi connectivity index (χ2v) is 6.07. The van der Waals surface area contributed by atoms with Crippen molar-refractivity contribution in [1.29, 1.82) is 0 Å². The maximum absolute atomic E-state index is 12.9. The van der Waals surface area contributed by atoms with Gasteiger partial charge in [-0.15, -0.1) is 0 Å². The van der Waals surface area contributed by atoms with Crippen LogP contribution in [0, 0.1) is 17.2 Å². The van der Waals surface area contributed by atoms with Gasteiger partial charge in [0, 0.05) is 19.3 Å². The van der Waals surface area contributed by atoms with E-state index >= 15 is 0 Å². The molecule has 1 aromatic carbocycles. The molecule has 0 radical (unpaired) electrons. The van der Waals surface area contributed by atoms with E-state index in [-0.39, 0.29) is 23.1 Å². The molecule has 2 N–H and O–H groups in total. The quantitative estimate of drug-likeness (QED) is 0.911. The predicted molar refractivity (Wildman–Crippen MR) is 76.4 cm³/mol. The summed E-state index contributed by atoms with van der Waals surface area (Å²) in [6.45, 7) is 6.57. The summed E-state index contributed by atoms with van der Waals surface area (Å²) in [5, 5.41) is 0. The first-order valence-corrected chi connectivity index (χ1v) is 6.48. The molecule has 1 amide bonds. The van der Waals surface area contributed by atoms with Gasteiger partial charge < -0.3 is 10.6 Å². The lowest BCUT2D eigenvalue weighted by molar-refractivity contribution is -0.122. The van der Waals surface area contributed by atoms with Gasteiger partial charge in [-0.3, -0.25) is 4.79 Å². The van der Waals surface area contributed by atoms with Crippen LogP contribution in [0.5, 0.6) is 0 Å². The molecule has 0 aromatic heterocycles. The Balaban J connectivity index is 2.82. The van der Waals surface area contributed by atoms with Gasteiger partial charge in [-0.2, -0.15) is 0 Å². The van der Waals surface area contributed by atoms with Crippen LogP contribution in [0.2, 0.25) is 0 Å². The van der Waals surface area contributed by atoms with Crippen LogP contribution < -0.4 is 10.6 Å². The zero-order valence-electron chi connectivity index (χ0n) is 12.1. The molecule has 0 fully saturated rings. The van der Waals surface area contributed by atoms with Gasteiger partial charge in [0.05, 0.1) is 5.92 Å². The normalized spacial score (nSPS) is 13.2. The molecule has 1 aromatic rings. The average Bonchev–Trinajstić information content (AvgIpc) is 2.34. The number of carbonyl (C=O) groups excluding carboxylic acids is 1. The molecule has 0 saturated carbocycles. The Morgan fingerprint density at radius 1 is 1.32 bits per heavy atom. The number of rotatable bonds is 4. The molecule has 0 aliphatic rings. The molecule has 0 aliphatic carbocycles. The van der Waals surface area contributed by atoms with Crippen molar-refractivity contribution in [3.8, 4) is 0 Å².